The van der Waals surface area contributed by atoms with Crippen molar-refractivity contribution >= 4 is 29.1 Å². The van der Waals surface area contributed by atoms with Crippen LogP contribution in [0.1, 0.15) is 48.8 Å². The van der Waals surface area contributed by atoms with Gasteiger partial charge in [-0.05, 0) is 66.1 Å². The van der Waals surface area contributed by atoms with Crippen LogP contribution in [0.4, 0.5) is 0 Å². The summed E-state index contributed by atoms with van der Waals surface area (Å²) in [6.45, 7) is 2.12. The number of aromatic nitrogens is 2. The average molecular weight is 510 g/mol. The standard InChI is InChI=1S/C30H24ClN3O3/c1-19-11-13-33-26(14-19)29(36)21-7-5-20(6-8-21)18-34-27(17-24-4-2-3-12-32-24)28(35)16-22-15-23(31)9-10-25(22)30(34)37/h2-15,27H,16-18H2,1H3/t27-/m1/s1. The molecule has 0 saturated carbocycles. The molecule has 7 heteroatoms. The van der Waals surface area contributed by atoms with E-state index in [4.69, 9.17) is 11.6 Å². The van der Waals surface area contributed by atoms with Gasteiger partial charge >= 0.3 is 0 Å². The lowest BCUT2D eigenvalue weighted by Crippen LogP contribution is -2.44. The van der Waals surface area contributed by atoms with Gasteiger partial charge in [-0.15, -0.1) is 0 Å². The Morgan fingerprint density at radius 1 is 0.973 bits per heavy atom. The predicted molar refractivity (Wildman–Crippen MR) is 141 cm³/mol. The number of rotatable bonds is 6. The summed E-state index contributed by atoms with van der Waals surface area (Å²) in [5.41, 5.74) is 4.48. The lowest BCUT2D eigenvalue weighted by atomic mass is 9.99. The van der Waals surface area contributed by atoms with Crippen molar-refractivity contribution in [2.45, 2.75) is 32.4 Å². The van der Waals surface area contributed by atoms with Crippen LogP contribution in [0.3, 0.4) is 0 Å². The zero-order valence-corrected chi connectivity index (χ0v) is 21.0. The molecule has 0 fully saturated rings. The molecule has 4 aromatic rings. The largest absolute Gasteiger partial charge is 0.324 e. The van der Waals surface area contributed by atoms with E-state index in [0.29, 0.717) is 33.8 Å². The van der Waals surface area contributed by atoms with E-state index in [2.05, 4.69) is 9.97 Å². The highest BCUT2D eigenvalue weighted by molar-refractivity contribution is 6.30. The van der Waals surface area contributed by atoms with Gasteiger partial charge in [0.2, 0.25) is 5.78 Å². The normalized spacial score (nSPS) is 15.3. The molecule has 37 heavy (non-hydrogen) atoms. The highest BCUT2D eigenvalue weighted by Crippen LogP contribution is 2.27. The van der Waals surface area contributed by atoms with Gasteiger partial charge < -0.3 is 4.90 Å². The quantitative estimate of drug-likeness (QED) is 0.340. The Morgan fingerprint density at radius 2 is 1.78 bits per heavy atom. The first-order valence-electron chi connectivity index (χ1n) is 12.0. The summed E-state index contributed by atoms with van der Waals surface area (Å²) < 4.78 is 0. The van der Waals surface area contributed by atoms with Crippen LogP contribution in [-0.4, -0.2) is 38.4 Å². The van der Waals surface area contributed by atoms with Crippen molar-refractivity contribution in [3.63, 3.8) is 0 Å². The summed E-state index contributed by atoms with van der Waals surface area (Å²) in [5, 5.41) is 0.484. The van der Waals surface area contributed by atoms with Crippen LogP contribution in [0.25, 0.3) is 0 Å². The summed E-state index contributed by atoms with van der Waals surface area (Å²) in [6.07, 6.45) is 3.72. The molecule has 1 aliphatic rings. The number of benzene rings is 2. The molecule has 0 aliphatic carbocycles. The van der Waals surface area contributed by atoms with Gasteiger partial charge in [0.25, 0.3) is 5.91 Å². The van der Waals surface area contributed by atoms with Crippen LogP contribution < -0.4 is 0 Å². The molecule has 1 atom stereocenters. The van der Waals surface area contributed by atoms with Crippen LogP contribution >= 0.6 is 11.6 Å². The minimum absolute atomic E-state index is 0.0719. The molecule has 5 rings (SSSR count). The van der Waals surface area contributed by atoms with Crippen LogP contribution in [0.15, 0.2) is 85.2 Å². The number of halogens is 1. The molecule has 1 aliphatic heterocycles. The molecule has 0 N–H and O–H groups in total. The third-order valence-electron chi connectivity index (χ3n) is 6.52. The first kappa shape index (κ1) is 24.5. The second kappa shape index (κ2) is 10.4. The molecule has 6 nitrogen and oxygen atoms in total. The fourth-order valence-electron chi connectivity index (χ4n) is 4.58. The molecule has 0 unspecified atom stereocenters. The Morgan fingerprint density at radius 3 is 2.51 bits per heavy atom. The number of aryl methyl sites for hydroxylation is 1. The van der Waals surface area contributed by atoms with E-state index < -0.39 is 6.04 Å². The number of hydrogen-bond donors (Lipinski definition) is 0. The Hall–Kier alpha value is -4.16. The topological polar surface area (TPSA) is 80.2 Å². The van der Waals surface area contributed by atoms with Crippen LogP contribution in [0.2, 0.25) is 5.02 Å². The van der Waals surface area contributed by atoms with Gasteiger partial charge in [-0.3, -0.25) is 24.4 Å². The molecule has 0 radical (unpaired) electrons. The lowest BCUT2D eigenvalue weighted by molar-refractivity contribution is -0.122. The number of hydrogen-bond acceptors (Lipinski definition) is 5. The summed E-state index contributed by atoms with van der Waals surface area (Å²) in [7, 11) is 0. The molecule has 184 valence electrons. The average Bonchev–Trinajstić information content (AvgIpc) is 2.99. The van der Waals surface area contributed by atoms with Gasteiger partial charge in [0.1, 0.15) is 5.69 Å². The maximum atomic E-state index is 13.7. The first-order chi connectivity index (χ1) is 17.9. The number of pyridine rings is 2. The molecule has 3 heterocycles. The second-order valence-electron chi connectivity index (χ2n) is 9.16. The molecule has 1 amide bonds. The number of fused-ring (bicyclic) bond motifs is 1. The molecule has 2 aromatic heterocycles. The van der Waals surface area contributed by atoms with Crippen LogP contribution in [-0.2, 0) is 24.2 Å². The van der Waals surface area contributed by atoms with E-state index in [1.165, 1.54) is 0 Å². The van der Waals surface area contributed by atoms with Crippen molar-refractivity contribution in [3.05, 3.63) is 129 Å². The van der Waals surface area contributed by atoms with Gasteiger partial charge in [-0.25, -0.2) is 0 Å². The van der Waals surface area contributed by atoms with Gasteiger partial charge in [0, 0.05) is 53.6 Å². The maximum absolute atomic E-state index is 13.7. The molecular formula is C30H24ClN3O3. The van der Waals surface area contributed by atoms with Crippen LogP contribution in [0, 0.1) is 6.92 Å². The highest BCUT2D eigenvalue weighted by Gasteiger charge is 2.35. The van der Waals surface area contributed by atoms with Crippen molar-refractivity contribution in [2.75, 3.05) is 0 Å². The summed E-state index contributed by atoms with van der Waals surface area (Å²) >= 11 is 6.17. The minimum atomic E-state index is -0.689. The third kappa shape index (κ3) is 5.34. The number of carbonyl (C=O) groups excluding carboxylic acids is 3. The minimum Gasteiger partial charge on any atom is -0.324 e. The van der Waals surface area contributed by atoms with Crippen molar-refractivity contribution in [3.8, 4) is 0 Å². The van der Waals surface area contributed by atoms with Crippen LogP contribution in [0.5, 0.6) is 0 Å². The number of amides is 1. The smallest absolute Gasteiger partial charge is 0.255 e. The fourth-order valence-corrected chi connectivity index (χ4v) is 4.78. The Balaban J connectivity index is 1.46. The number of carbonyl (C=O) groups is 3. The monoisotopic (exact) mass is 509 g/mol. The van der Waals surface area contributed by atoms with E-state index in [-0.39, 0.29) is 30.4 Å². The second-order valence-corrected chi connectivity index (χ2v) is 9.60. The number of Topliss-reactive ketones (excluding diaryl/α,β-unsaturated/α-hetero) is 1. The molecular weight excluding hydrogens is 486 g/mol. The summed E-state index contributed by atoms with van der Waals surface area (Å²) in [4.78, 5) is 50.2. The lowest BCUT2D eigenvalue weighted by Gasteiger charge is -2.29. The van der Waals surface area contributed by atoms with Gasteiger partial charge in [0.05, 0.1) is 6.04 Å². The Labute approximate surface area is 220 Å². The Kier molecular flexibility index (Phi) is 6.93. The Bertz CT molecular complexity index is 1490. The SMILES string of the molecule is Cc1ccnc(C(=O)c2ccc(CN3C(=O)c4ccc(Cl)cc4CC(=O)[C@H]3Cc3ccccn3)cc2)c1. The molecule has 0 spiro atoms. The van der Waals surface area contributed by atoms with Gasteiger partial charge in [-0.1, -0.05) is 41.9 Å². The van der Waals surface area contributed by atoms with Crippen molar-refractivity contribution in [1.29, 1.82) is 0 Å². The van der Waals surface area contributed by atoms with E-state index in [9.17, 15) is 14.4 Å². The zero-order valence-electron chi connectivity index (χ0n) is 20.2. The van der Waals surface area contributed by atoms with Crippen molar-refractivity contribution in [1.82, 2.24) is 14.9 Å². The molecule has 0 bridgehead atoms. The van der Waals surface area contributed by atoms with E-state index in [1.807, 2.05) is 43.3 Å². The molecule has 2 aromatic carbocycles. The van der Waals surface area contributed by atoms with Gasteiger partial charge in [0.15, 0.2) is 5.78 Å². The summed E-state index contributed by atoms with van der Waals surface area (Å²) in [5.74, 6) is -0.477. The van der Waals surface area contributed by atoms with E-state index in [0.717, 1.165) is 16.8 Å². The van der Waals surface area contributed by atoms with Crippen molar-refractivity contribution in [2.24, 2.45) is 0 Å². The fraction of sp³-hybridized carbons (Fsp3) is 0.167. The highest BCUT2D eigenvalue weighted by atomic mass is 35.5. The first-order valence-corrected chi connectivity index (χ1v) is 12.3. The molecule has 0 saturated heterocycles. The predicted octanol–water partition coefficient (Wildman–Crippen LogP) is 5.05. The maximum Gasteiger partial charge on any atom is 0.255 e. The van der Waals surface area contributed by atoms with Crippen molar-refractivity contribution < 1.29 is 14.4 Å². The van der Waals surface area contributed by atoms with E-state index >= 15 is 0 Å². The van der Waals surface area contributed by atoms with E-state index in [1.54, 1.807) is 53.7 Å². The van der Waals surface area contributed by atoms with Gasteiger partial charge in [-0.2, -0.15) is 0 Å². The number of ketones is 2. The third-order valence-corrected chi connectivity index (χ3v) is 6.75. The summed E-state index contributed by atoms with van der Waals surface area (Å²) in [6, 6.07) is 20.6. The zero-order chi connectivity index (χ0) is 25.9. The number of nitrogens with zero attached hydrogens (tertiary/aromatic N) is 3.